The Morgan fingerprint density at radius 3 is 2.71 bits per heavy atom. The summed E-state index contributed by atoms with van der Waals surface area (Å²) in [6.07, 6.45) is 5.35. The topological polar surface area (TPSA) is 58.2 Å². The van der Waals surface area contributed by atoms with Gasteiger partial charge in [-0.1, -0.05) is 6.92 Å². The van der Waals surface area contributed by atoms with E-state index < -0.39 is 10.8 Å². The van der Waals surface area contributed by atoms with Crippen molar-refractivity contribution >= 4 is 16.7 Å². The molecule has 5 heteroatoms. The second-order valence-corrected chi connectivity index (χ2v) is 6.65. The van der Waals surface area contributed by atoms with Crippen molar-refractivity contribution in [3.8, 4) is 0 Å². The first-order chi connectivity index (χ1) is 8.09. The van der Waals surface area contributed by atoms with Crippen molar-refractivity contribution in [3.63, 3.8) is 0 Å². The van der Waals surface area contributed by atoms with Gasteiger partial charge in [-0.25, -0.2) is 0 Å². The summed E-state index contributed by atoms with van der Waals surface area (Å²) < 4.78 is 11.1. The number of nitrogens with one attached hydrogen (secondary N) is 2. The van der Waals surface area contributed by atoms with Crippen LogP contribution >= 0.6 is 0 Å². The van der Waals surface area contributed by atoms with E-state index in [0.717, 1.165) is 32.4 Å². The molecule has 1 saturated heterocycles. The lowest BCUT2D eigenvalue weighted by molar-refractivity contribution is -0.122. The number of piperidine rings is 1. The van der Waals surface area contributed by atoms with E-state index >= 15 is 0 Å². The van der Waals surface area contributed by atoms with Gasteiger partial charge in [0.2, 0.25) is 5.91 Å². The molecule has 0 radical (unpaired) electrons. The van der Waals surface area contributed by atoms with Gasteiger partial charge in [-0.3, -0.25) is 9.00 Å². The monoisotopic (exact) mass is 260 g/mol. The molecule has 0 aliphatic carbocycles. The van der Waals surface area contributed by atoms with Crippen LogP contribution in [0.2, 0.25) is 0 Å². The number of carbonyl (C=O) groups is 1. The minimum atomic E-state index is -0.791. The maximum absolute atomic E-state index is 11.7. The third kappa shape index (κ3) is 6.17. The molecule has 0 aromatic heterocycles. The summed E-state index contributed by atoms with van der Waals surface area (Å²) in [6.45, 7) is 4.66. The van der Waals surface area contributed by atoms with Crippen LogP contribution in [0.3, 0.4) is 0 Å². The zero-order valence-corrected chi connectivity index (χ0v) is 11.6. The average Bonchev–Trinajstić information content (AvgIpc) is 2.30. The van der Waals surface area contributed by atoms with Gasteiger partial charge >= 0.3 is 0 Å². The zero-order valence-electron chi connectivity index (χ0n) is 10.8. The number of hydrogen-bond donors (Lipinski definition) is 2. The van der Waals surface area contributed by atoms with Crippen molar-refractivity contribution < 1.29 is 9.00 Å². The molecule has 2 atom stereocenters. The summed E-state index contributed by atoms with van der Waals surface area (Å²) >= 11 is 0. The van der Waals surface area contributed by atoms with Gasteiger partial charge in [0.05, 0.1) is 0 Å². The summed E-state index contributed by atoms with van der Waals surface area (Å²) in [5, 5.41) is 6.38. The molecule has 2 N–H and O–H groups in total. The molecule has 0 saturated carbocycles. The van der Waals surface area contributed by atoms with Crippen LogP contribution in [0.15, 0.2) is 0 Å². The van der Waals surface area contributed by atoms with Gasteiger partial charge in [-0.2, -0.15) is 0 Å². The zero-order chi connectivity index (χ0) is 12.7. The van der Waals surface area contributed by atoms with Gasteiger partial charge in [0.25, 0.3) is 0 Å². The van der Waals surface area contributed by atoms with Crippen molar-refractivity contribution in [3.05, 3.63) is 0 Å². The van der Waals surface area contributed by atoms with Gasteiger partial charge in [-0.15, -0.1) is 0 Å². The lowest BCUT2D eigenvalue weighted by atomic mass is 9.94. The van der Waals surface area contributed by atoms with Crippen LogP contribution in [0.5, 0.6) is 0 Å². The predicted molar refractivity (Wildman–Crippen MR) is 71.4 cm³/mol. The summed E-state index contributed by atoms with van der Waals surface area (Å²) in [5.74, 6) is 0.681. The second-order valence-electron chi connectivity index (χ2n) is 4.85. The number of hydrogen-bond acceptors (Lipinski definition) is 3. The van der Waals surface area contributed by atoms with Crippen LogP contribution < -0.4 is 10.6 Å². The van der Waals surface area contributed by atoms with Crippen LogP contribution in [0.25, 0.3) is 0 Å². The minimum absolute atomic E-state index is 0.144. The molecule has 0 aromatic rings. The largest absolute Gasteiger partial charge is 0.356 e. The number of amides is 1. The fourth-order valence-electron chi connectivity index (χ4n) is 2.00. The van der Waals surface area contributed by atoms with Gasteiger partial charge < -0.3 is 10.6 Å². The predicted octanol–water partition coefficient (Wildman–Crippen LogP) is 0.649. The number of rotatable bonds is 6. The quantitative estimate of drug-likeness (QED) is 0.737. The SMILES string of the molecule is CC(CCNC(=O)CC1CCNCC1)S(C)=O. The van der Waals surface area contributed by atoms with E-state index in [1.165, 1.54) is 0 Å². The van der Waals surface area contributed by atoms with E-state index in [2.05, 4.69) is 10.6 Å². The Morgan fingerprint density at radius 2 is 2.12 bits per heavy atom. The first-order valence-corrected chi connectivity index (χ1v) is 8.01. The molecule has 2 unspecified atom stereocenters. The first kappa shape index (κ1) is 14.6. The maximum Gasteiger partial charge on any atom is 0.220 e. The van der Waals surface area contributed by atoms with E-state index in [-0.39, 0.29) is 11.2 Å². The molecule has 1 aliphatic heterocycles. The van der Waals surface area contributed by atoms with Crippen LogP contribution in [0, 0.1) is 5.92 Å². The molecular formula is C12H24N2O2S. The van der Waals surface area contributed by atoms with E-state index in [0.29, 0.717) is 18.9 Å². The van der Waals surface area contributed by atoms with Crippen molar-refractivity contribution in [2.24, 2.45) is 5.92 Å². The van der Waals surface area contributed by atoms with Gasteiger partial charge in [0, 0.05) is 35.3 Å². The van der Waals surface area contributed by atoms with Crippen LogP contribution in [0.1, 0.15) is 32.6 Å². The van der Waals surface area contributed by atoms with Crippen LogP contribution in [-0.2, 0) is 15.6 Å². The van der Waals surface area contributed by atoms with E-state index in [9.17, 15) is 9.00 Å². The molecule has 0 bridgehead atoms. The van der Waals surface area contributed by atoms with Gasteiger partial charge in [-0.05, 0) is 38.3 Å². The fraction of sp³-hybridized carbons (Fsp3) is 0.917. The van der Waals surface area contributed by atoms with Crippen molar-refractivity contribution in [2.75, 3.05) is 25.9 Å². The molecule has 0 spiro atoms. The molecule has 1 aliphatic rings. The van der Waals surface area contributed by atoms with E-state index in [1.807, 2.05) is 6.92 Å². The highest BCUT2D eigenvalue weighted by atomic mass is 32.2. The third-order valence-electron chi connectivity index (χ3n) is 3.37. The molecule has 4 nitrogen and oxygen atoms in total. The summed E-state index contributed by atoms with van der Waals surface area (Å²) in [6, 6.07) is 0. The van der Waals surface area contributed by atoms with E-state index in [4.69, 9.17) is 0 Å². The molecule has 0 aromatic carbocycles. The molecule has 1 rings (SSSR count). The van der Waals surface area contributed by atoms with Gasteiger partial charge in [0.1, 0.15) is 0 Å². The Labute approximate surface area is 106 Å². The Kier molecular flexibility index (Phi) is 6.73. The normalized spacial score (nSPS) is 20.8. The summed E-state index contributed by atoms with van der Waals surface area (Å²) in [4.78, 5) is 11.7. The lowest BCUT2D eigenvalue weighted by Crippen LogP contribution is -2.33. The van der Waals surface area contributed by atoms with E-state index in [1.54, 1.807) is 6.26 Å². The van der Waals surface area contributed by atoms with Gasteiger partial charge in [0.15, 0.2) is 0 Å². The lowest BCUT2D eigenvalue weighted by Gasteiger charge is -2.22. The Hall–Kier alpha value is -0.420. The highest BCUT2D eigenvalue weighted by Gasteiger charge is 2.16. The molecule has 1 heterocycles. The minimum Gasteiger partial charge on any atom is -0.356 e. The summed E-state index contributed by atoms with van der Waals surface area (Å²) in [7, 11) is -0.791. The van der Waals surface area contributed by atoms with Crippen LogP contribution in [0.4, 0.5) is 0 Å². The molecule has 17 heavy (non-hydrogen) atoms. The molecule has 100 valence electrons. The molecule has 1 fully saturated rings. The average molecular weight is 260 g/mol. The number of carbonyl (C=O) groups excluding carboxylic acids is 1. The highest BCUT2D eigenvalue weighted by Crippen LogP contribution is 2.15. The van der Waals surface area contributed by atoms with Crippen molar-refractivity contribution in [1.82, 2.24) is 10.6 Å². The van der Waals surface area contributed by atoms with Crippen LogP contribution in [-0.4, -0.2) is 41.3 Å². The summed E-state index contributed by atoms with van der Waals surface area (Å²) in [5.41, 5.74) is 0. The third-order valence-corrected chi connectivity index (χ3v) is 4.74. The smallest absolute Gasteiger partial charge is 0.220 e. The Bertz CT molecular complexity index is 265. The second kappa shape index (κ2) is 7.82. The first-order valence-electron chi connectivity index (χ1n) is 6.39. The Balaban J connectivity index is 2.10. The van der Waals surface area contributed by atoms with Crippen molar-refractivity contribution in [2.45, 2.75) is 37.9 Å². The molecular weight excluding hydrogens is 236 g/mol. The molecule has 1 amide bonds. The highest BCUT2D eigenvalue weighted by molar-refractivity contribution is 7.84. The fourth-order valence-corrected chi connectivity index (χ4v) is 2.45. The standard InChI is InChI=1S/C12H24N2O2S/c1-10(17(2)16)3-8-14-12(15)9-11-4-6-13-7-5-11/h10-11,13H,3-9H2,1-2H3,(H,14,15). The van der Waals surface area contributed by atoms with Crippen molar-refractivity contribution in [1.29, 1.82) is 0 Å². The Morgan fingerprint density at radius 1 is 1.47 bits per heavy atom. The maximum atomic E-state index is 11.7.